The van der Waals surface area contributed by atoms with E-state index < -0.39 is 0 Å². The number of rotatable bonds is 5. The summed E-state index contributed by atoms with van der Waals surface area (Å²) in [5, 5.41) is 0. The first-order chi connectivity index (χ1) is 10.1. The molecule has 0 bridgehead atoms. The minimum atomic E-state index is -0.176. The highest BCUT2D eigenvalue weighted by Crippen LogP contribution is 2.33. The summed E-state index contributed by atoms with van der Waals surface area (Å²) in [5.41, 5.74) is 1.14. The lowest BCUT2D eigenvalue weighted by Gasteiger charge is -2.30. The summed E-state index contributed by atoms with van der Waals surface area (Å²) >= 11 is 0. The molecule has 0 aromatic heterocycles. The SMILES string of the molecule is COc1ccc([C@H]2CCC[C@@H](CC(=O)OC(C)C)O2)cc1. The number of benzene rings is 1. The zero-order valence-corrected chi connectivity index (χ0v) is 13.0. The highest BCUT2D eigenvalue weighted by Gasteiger charge is 2.26. The van der Waals surface area contributed by atoms with E-state index in [1.54, 1.807) is 7.11 Å². The molecule has 1 aromatic carbocycles. The molecular weight excluding hydrogens is 268 g/mol. The summed E-state index contributed by atoms with van der Waals surface area (Å²) in [4.78, 5) is 11.7. The fraction of sp³-hybridized carbons (Fsp3) is 0.588. The van der Waals surface area contributed by atoms with Crippen molar-refractivity contribution in [3.8, 4) is 5.75 Å². The van der Waals surface area contributed by atoms with Gasteiger partial charge in [-0.15, -0.1) is 0 Å². The molecule has 4 heteroatoms. The molecule has 0 spiro atoms. The number of carbonyl (C=O) groups excluding carboxylic acids is 1. The van der Waals surface area contributed by atoms with Crippen LogP contribution in [0.3, 0.4) is 0 Å². The highest BCUT2D eigenvalue weighted by molar-refractivity contribution is 5.70. The van der Waals surface area contributed by atoms with E-state index in [0.29, 0.717) is 6.42 Å². The van der Waals surface area contributed by atoms with Crippen molar-refractivity contribution >= 4 is 5.97 Å². The normalized spacial score (nSPS) is 22.1. The number of ether oxygens (including phenoxy) is 3. The third kappa shape index (κ3) is 4.74. The van der Waals surface area contributed by atoms with E-state index in [4.69, 9.17) is 14.2 Å². The van der Waals surface area contributed by atoms with Gasteiger partial charge in [0.25, 0.3) is 0 Å². The smallest absolute Gasteiger partial charge is 0.308 e. The Hall–Kier alpha value is -1.55. The first-order valence-electron chi connectivity index (χ1n) is 7.57. The van der Waals surface area contributed by atoms with Crippen molar-refractivity contribution in [3.05, 3.63) is 29.8 Å². The van der Waals surface area contributed by atoms with Gasteiger partial charge in [0.1, 0.15) is 5.75 Å². The van der Waals surface area contributed by atoms with Crippen LogP contribution in [-0.2, 0) is 14.3 Å². The Bertz CT molecular complexity index is 452. The van der Waals surface area contributed by atoms with Crippen LogP contribution < -0.4 is 4.74 Å². The van der Waals surface area contributed by atoms with Gasteiger partial charge in [0.2, 0.25) is 0 Å². The number of methoxy groups -OCH3 is 1. The molecule has 1 aliphatic heterocycles. The lowest BCUT2D eigenvalue weighted by Crippen LogP contribution is -2.26. The van der Waals surface area contributed by atoms with Crippen molar-refractivity contribution < 1.29 is 19.0 Å². The molecule has 1 heterocycles. The van der Waals surface area contributed by atoms with Crippen molar-refractivity contribution in [1.29, 1.82) is 0 Å². The molecule has 0 amide bonds. The summed E-state index contributed by atoms with van der Waals surface area (Å²) < 4.78 is 16.4. The van der Waals surface area contributed by atoms with Gasteiger partial charge < -0.3 is 14.2 Å². The van der Waals surface area contributed by atoms with E-state index in [0.717, 1.165) is 30.6 Å². The highest BCUT2D eigenvalue weighted by atomic mass is 16.5. The van der Waals surface area contributed by atoms with Crippen LogP contribution in [0, 0.1) is 0 Å². The maximum absolute atomic E-state index is 11.7. The molecule has 0 radical (unpaired) electrons. The first-order valence-corrected chi connectivity index (χ1v) is 7.57. The van der Waals surface area contributed by atoms with Gasteiger partial charge in [-0.2, -0.15) is 0 Å². The van der Waals surface area contributed by atoms with E-state index in [1.807, 2.05) is 38.1 Å². The zero-order chi connectivity index (χ0) is 15.2. The van der Waals surface area contributed by atoms with Crippen LogP contribution in [-0.4, -0.2) is 25.3 Å². The van der Waals surface area contributed by atoms with Crippen LogP contribution in [0.1, 0.15) is 51.2 Å². The Balaban J connectivity index is 1.92. The average molecular weight is 292 g/mol. The Morgan fingerprint density at radius 2 is 2.00 bits per heavy atom. The minimum absolute atomic E-state index is 0.0444. The second-order valence-electron chi connectivity index (χ2n) is 5.69. The maximum atomic E-state index is 11.7. The third-order valence-electron chi connectivity index (χ3n) is 3.60. The average Bonchev–Trinajstić information content (AvgIpc) is 2.46. The molecule has 21 heavy (non-hydrogen) atoms. The van der Waals surface area contributed by atoms with Crippen LogP contribution in [0.5, 0.6) is 5.75 Å². The molecule has 116 valence electrons. The summed E-state index contributed by atoms with van der Waals surface area (Å²) in [5.74, 6) is 0.664. The lowest BCUT2D eigenvalue weighted by molar-refractivity contribution is -0.153. The van der Waals surface area contributed by atoms with Crippen LogP contribution in [0.2, 0.25) is 0 Å². The Kier molecular flexibility index (Phi) is 5.62. The largest absolute Gasteiger partial charge is 0.497 e. The van der Waals surface area contributed by atoms with E-state index in [9.17, 15) is 4.79 Å². The van der Waals surface area contributed by atoms with Crippen molar-refractivity contribution in [2.24, 2.45) is 0 Å². The van der Waals surface area contributed by atoms with E-state index >= 15 is 0 Å². The molecule has 1 saturated heterocycles. The van der Waals surface area contributed by atoms with Gasteiger partial charge in [-0.1, -0.05) is 12.1 Å². The fourth-order valence-corrected chi connectivity index (χ4v) is 2.61. The van der Waals surface area contributed by atoms with Gasteiger partial charge in [0, 0.05) is 0 Å². The van der Waals surface area contributed by atoms with Crippen LogP contribution in [0.25, 0.3) is 0 Å². The molecule has 0 saturated carbocycles. The van der Waals surface area contributed by atoms with Crippen LogP contribution in [0.15, 0.2) is 24.3 Å². The molecular formula is C17H24O4. The van der Waals surface area contributed by atoms with Gasteiger partial charge in [0.15, 0.2) is 0 Å². The van der Waals surface area contributed by atoms with Gasteiger partial charge in [-0.25, -0.2) is 0 Å². The minimum Gasteiger partial charge on any atom is -0.497 e. The lowest BCUT2D eigenvalue weighted by atomic mass is 9.97. The fourth-order valence-electron chi connectivity index (χ4n) is 2.61. The number of carbonyl (C=O) groups is 1. The van der Waals surface area contributed by atoms with Crippen molar-refractivity contribution in [2.75, 3.05) is 7.11 Å². The monoisotopic (exact) mass is 292 g/mol. The van der Waals surface area contributed by atoms with Crippen molar-refractivity contribution in [2.45, 2.75) is 57.8 Å². The van der Waals surface area contributed by atoms with E-state index in [-0.39, 0.29) is 24.3 Å². The predicted octanol–water partition coefficient (Wildman–Crippen LogP) is 3.65. The molecule has 1 aliphatic rings. The number of hydrogen-bond acceptors (Lipinski definition) is 4. The quantitative estimate of drug-likeness (QED) is 0.777. The first kappa shape index (κ1) is 15.8. The summed E-state index contributed by atoms with van der Waals surface area (Å²) in [6, 6.07) is 7.93. The Labute approximate surface area is 126 Å². The molecule has 0 aliphatic carbocycles. The van der Waals surface area contributed by atoms with Crippen LogP contribution >= 0.6 is 0 Å². The van der Waals surface area contributed by atoms with Gasteiger partial charge in [-0.05, 0) is 50.8 Å². The molecule has 1 fully saturated rings. The third-order valence-corrected chi connectivity index (χ3v) is 3.60. The van der Waals surface area contributed by atoms with Crippen LogP contribution in [0.4, 0.5) is 0 Å². The van der Waals surface area contributed by atoms with Gasteiger partial charge in [0.05, 0.1) is 31.8 Å². The van der Waals surface area contributed by atoms with Gasteiger partial charge in [-0.3, -0.25) is 4.79 Å². The second-order valence-corrected chi connectivity index (χ2v) is 5.69. The molecule has 4 nitrogen and oxygen atoms in total. The topological polar surface area (TPSA) is 44.8 Å². The van der Waals surface area contributed by atoms with Crippen molar-refractivity contribution in [1.82, 2.24) is 0 Å². The van der Waals surface area contributed by atoms with Crippen molar-refractivity contribution in [3.63, 3.8) is 0 Å². The molecule has 0 N–H and O–H groups in total. The molecule has 2 rings (SSSR count). The number of esters is 1. The summed E-state index contributed by atoms with van der Waals surface area (Å²) in [6.45, 7) is 3.72. The summed E-state index contributed by atoms with van der Waals surface area (Å²) in [7, 11) is 1.66. The molecule has 2 atom stereocenters. The maximum Gasteiger partial charge on any atom is 0.308 e. The Morgan fingerprint density at radius 3 is 2.62 bits per heavy atom. The summed E-state index contributed by atoms with van der Waals surface area (Å²) in [6.07, 6.45) is 3.25. The molecule has 0 unspecified atom stereocenters. The molecule has 1 aromatic rings. The van der Waals surface area contributed by atoms with Gasteiger partial charge >= 0.3 is 5.97 Å². The number of hydrogen-bond donors (Lipinski definition) is 0. The van der Waals surface area contributed by atoms with E-state index in [1.165, 1.54) is 0 Å². The van der Waals surface area contributed by atoms with E-state index in [2.05, 4.69) is 0 Å². The Morgan fingerprint density at radius 1 is 1.29 bits per heavy atom. The zero-order valence-electron chi connectivity index (χ0n) is 13.0. The second kappa shape index (κ2) is 7.46. The standard InChI is InChI=1S/C17H24O4/c1-12(2)20-17(18)11-15-5-4-6-16(21-15)13-7-9-14(19-3)10-8-13/h7-10,12,15-16H,4-6,11H2,1-3H3/t15-,16+/m0/s1. The predicted molar refractivity (Wildman–Crippen MR) is 80.3 cm³/mol.